The molecule has 0 radical (unpaired) electrons. The Hall–Kier alpha value is -2.53. The fourth-order valence-corrected chi connectivity index (χ4v) is 6.23. The molecule has 6 heteroatoms. The van der Waals surface area contributed by atoms with Gasteiger partial charge in [0.25, 0.3) is 0 Å². The van der Waals surface area contributed by atoms with Crippen molar-refractivity contribution in [1.82, 2.24) is 14.5 Å². The maximum Gasteiger partial charge on any atom is 0.409 e. The maximum absolute atomic E-state index is 12.3. The summed E-state index contributed by atoms with van der Waals surface area (Å²) >= 11 is 6.80. The molecule has 0 N–H and O–H groups in total. The number of hydrogen-bond donors (Lipinski definition) is 0. The molecule has 3 heterocycles. The van der Waals surface area contributed by atoms with E-state index in [0.717, 1.165) is 49.3 Å². The number of pyridine rings is 1. The minimum atomic E-state index is -0.196. The lowest BCUT2D eigenvalue weighted by Crippen LogP contribution is -2.40. The zero-order valence-corrected chi connectivity index (χ0v) is 19.8. The third-order valence-corrected chi connectivity index (χ3v) is 7.53. The van der Waals surface area contributed by atoms with E-state index in [4.69, 9.17) is 21.3 Å². The second-order valence-corrected chi connectivity index (χ2v) is 9.53. The third-order valence-electron chi connectivity index (χ3n) is 7.25. The first-order valence-electron chi connectivity index (χ1n) is 11.6. The fraction of sp³-hybridized carbons (Fsp3) is 0.462. The SMILES string of the molecule is CCOC(=O)N1CCC(C2c3ncccc3CCc3cc(Cl)c4c(c(C)cn4C)c32)CC1. The number of hydrogen-bond acceptors (Lipinski definition) is 3. The van der Waals surface area contributed by atoms with Crippen molar-refractivity contribution in [2.24, 2.45) is 13.0 Å². The molecule has 32 heavy (non-hydrogen) atoms. The molecule has 0 saturated carbocycles. The normalized spacial score (nSPS) is 18.9. The van der Waals surface area contributed by atoms with Crippen molar-refractivity contribution >= 4 is 28.6 Å². The smallest absolute Gasteiger partial charge is 0.409 e. The van der Waals surface area contributed by atoms with E-state index < -0.39 is 0 Å². The fourth-order valence-electron chi connectivity index (χ4n) is 5.87. The molecule has 0 spiro atoms. The molecule has 1 aromatic carbocycles. The molecule has 1 saturated heterocycles. The standard InChI is InChI=1S/C26H30ClN3O2/c1-4-32-26(31)30-12-9-17(10-13-30)23-22-19(8-7-18-6-5-11-28-24(18)23)14-20(27)25-21(22)16(2)15-29(25)3/h5-6,11,14-15,17,23H,4,7-10,12-13H2,1-3H3. The van der Waals surface area contributed by atoms with Gasteiger partial charge < -0.3 is 14.2 Å². The number of amides is 1. The van der Waals surface area contributed by atoms with Gasteiger partial charge >= 0.3 is 6.09 Å². The lowest BCUT2D eigenvalue weighted by molar-refractivity contribution is 0.0900. The number of carbonyl (C=O) groups is 1. The molecule has 5 rings (SSSR count). The summed E-state index contributed by atoms with van der Waals surface area (Å²) in [5.41, 5.74) is 7.64. The van der Waals surface area contributed by atoms with Gasteiger partial charge in [-0.25, -0.2) is 4.79 Å². The van der Waals surface area contributed by atoms with Gasteiger partial charge in [0.1, 0.15) is 0 Å². The predicted octanol–water partition coefficient (Wildman–Crippen LogP) is 5.63. The van der Waals surface area contributed by atoms with Crippen LogP contribution in [-0.2, 0) is 24.6 Å². The number of piperidine rings is 1. The molecule has 2 aromatic heterocycles. The number of halogens is 1. The van der Waals surface area contributed by atoms with Crippen molar-refractivity contribution in [3.8, 4) is 0 Å². The molecule has 1 aliphatic carbocycles. The first kappa shape index (κ1) is 21.3. The van der Waals surface area contributed by atoms with E-state index >= 15 is 0 Å². The van der Waals surface area contributed by atoms with E-state index in [9.17, 15) is 4.79 Å². The van der Waals surface area contributed by atoms with Gasteiger partial charge in [-0.2, -0.15) is 0 Å². The topological polar surface area (TPSA) is 47.4 Å². The van der Waals surface area contributed by atoms with Crippen molar-refractivity contribution in [3.63, 3.8) is 0 Å². The van der Waals surface area contributed by atoms with Crippen LogP contribution in [0.25, 0.3) is 10.9 Å². The van der Waals surface area contributed by atoms with E-state index in [0.29, 0.717) is 12.5 Å². The van der Waals surface area contributed by atoms with Crippen molar-refractivity contribution < 1.29 is 9.53 Å². The summed E-state index contributed by atoms with van der Waals surface area (Å²) in [6, 6.07) is 6.46. The molecule has 2 aliphatic rings. The molecule has 1 unspecified atom stereocenters. The largest absolute Gasteiger partial charge is 0.450 e. The van der Waals surface area contributed by atoms with Crippen LogP contribution in [0, 0.1) is 12.8 Å². The van der Waals surface area contributed by atoms with Gasteiger partial charge in [-0.3, -0.25) is 4.98 Å². The van der Waals surface area contributed by atoms with E-state index in [1.165, 1.54) is 33.3 Å². The van der Waals surface area contributed by atoms with Crippen molar-refractivity contribution in [3.05, 3.63) is 63.6 Å². The molecule has 1 aliphatic heterocycles. The van der Waals surface area contributed by atoms with E-state index in [1.807, 2.05) is 24.1 Å². The summed E-state index contributed by atoms with van der Waals surface area (Å²) in [7, 11) is 2.07. The van der Waals surface area contributed by atoms with Crippen LogP contribution in [0.5, 0.6) is 0 Å². The van der Waals surface area contributed by atoms with Gasteiger partial charge in [-0.15, -0.1) is 0 Å². The minimum absolute atomic E-state index is 0.196. The molecule has 5 nitrogen and oxygen atoms in total. The number of fused-ring (bicyclic) bond motifs is 4. The Bertz CT molecular complexity index is 1180. The Morgan fingerprint density at radius 3 is 2.75 bits per heavy atom. The highest BCUT2D eigenvalue weighted by Crippen LogP contribution is 2.47. The maximum atomic E-state index is 12.3. The average Bonchev–Trinajstić information content (AvgIpc) is 2.99. The molecule has 0 bridgehead atoms. The monoisotopic (exact) mass is 451 g/mol. The summed E-state index contributed by atoms with van der Waals surface area (Å²) in [6.07, 6.45) is 7.73. The number of aromatic nitrogens is 2. The van der Waals surface area contributed by atoms with Gasteiger partial charge in [0, 0.05) is 43.8 Å². The third kappa shape index (κ3) is 3.47. The predicted molar refractivity (Wildman–Crippen MR) is 127 cm³/mol. The number of likely N-dealkylation sites (tertiary alicyclic amines) is 1. The van der Waals surface area contributed by atoms with Crippen LogP contribution in [0.4, 0.5) is 4.79 Å². The zero-order valence-electron chi connectivity index (χ0n) is 19.0. The van der Waals surface area contributed by atoms with Crippen LogP contribution in [0.1, 0.15) is 53.6 Å². The quantitative estimate of drug-likeness (QED) is 0.507. The van der Waals surface area contributed by atoms with Crippen LogP contribution in [0.2, 0.25) is 5.02 Å². The van der Waals surface area contributed by atoms with Gasteiger partial charge in [0.15, 0.2) is 0 Å². The first-order chi connectivity index (χ1) is 15.5. The van der Waals surface area contributed by atoms with Gasteiger partial charge in [-0.1, -0.05) is 17.7 Å². The van der Waals surface area contributed by atoms with E-state index in [2.05, 4.69) is 36.9 Å². The summed E-state index contributed by atoms with van der Waals surface area (Å²) < 4.78 is 7.39. The molecule has 1 atom stereocenters. The highest BCUT2D eigenvalue weighted by molar-refractivity contribution is 6.35. The molecular formula is C26H30ClN3O2. The molecule has 1 fully saturated rings. The van der Waals surface area contributed by atoms with Gasteiger partial charge in [-0.05, 0) is 79.8 Å². The van der Waals surface area contributed by atoms with Crippen LogP contribution in [0.15, 0.2) is 30.6 Å². The molecule has 168 valence electrons. The molecule has 1 amide bonds. The lowest BCUT2D eigenvalue weighted by Gasteiger charge is -2.36. The minimum Gasteiger partial charge on any atom is -0.450 e. The first-order valence-corrected chi connectivity index (χ1v) is 12.0. The Morgan fingerprint density at radius 2 is 2.00 bits per heavy atom. The summed E-state index contributed by atoms with van der Waals surface area (Å²) in [5.74, 6) is 0.615. The average molecular weight is 452 g/mol. The van der Waals surface area contributed by atoms with Crippen LogP contribution < -0.4 is 0 Å². The lowest BCUT2D eigenvalue weighted by atomic mass is 9.75. The van der Waals surface area contributed by atoms with Gasteiger partial charge in [0.05, 0.1) is 22.8 Å². The van der Waals surface area contributed by atoms with Crippen molar-refractivity contribution in [1.29, 1.82) is 0 Å². The Kier molecular flexibility index (Phi) is 5.62. The second kappa shape index (κ2) is 8.43. The second-order valence-electron chi connectivity index (χ2n) is 9.13. The van der Waals surface area contributed by atoms with E-state index in [1.54, 1.807) is 0 Å². The van der Waals surface area contributed by atoms with Crippen LogP contribution >= 0.6 is 11.6 Å². The number of ether oxygens (including phenoxy) is 1. The number of rotatable bonds is 2. The Balaban J connectivity index is 1.64. The van der Waals surface area contributed by atoms with Crippen LogP contribution in [0.3, 0.4) is 0 Å². The number of benzene rings is 1. The summed E-state index contributed by atoms with van der Waals surface area (Å²) in [4.78, 5) is 19.1. The summed E-state index contributed by atoms with van der Waals surface area (Å²) in [6.45, 7) is 5.90. The van der Waals surface area contributed by atoms with Crippen molar-refractivity contribution in [2.75, 3.05) is 19.7 Å². The van der Waals surface area contributed by atoms with Crippen molar-refractivity contribution in [2.45, 2.75) is 45.4 Å². The number of nitrogens with zero attached hydrogens (tertiary/aromatic N) is 3. The number of aryl methyl sites for hydroxylation is 4. The Morgan fingerprint density at radius 1 is 1.25 bits per heavy atom. The molecule has 3 aromatic rings. The van der Waals surface area contributed by atoms with Crippen LogP contribution in [-0.4, -0.2) is 40.2 Å². The summed E-state index contributed by atoms with van der Waals surface area (Å²) in [5, 5.41) is 2.11. The molecular weight excluding hydrogens is 422 g/mol. The number of carbonyl (C=O) groups excluding carboxylic acids is 1. The zero-order chi connectivity index (χ0) is 22.4. The highest BCUT2D eigenvalue weighted by atomic mass is 35.5. The Labute approximate surface area is 194 Å². The highest BCUT2D eigenvalue weighted by Gasteiger charge is 2.37. The van der Waals surface area contributed by atoms with E-state index in [-0.39, 0.29) is 12.0 Å². The van der Waals surface area contributed by atoms with Gasteiger partial charge in [0.2, 0.25) is 0 Å².